The Hall–Kier alpha value is -0.860. The van der Waals surface area contributed by atoms with Gasteiger partial charge in [-0.1, -0.05) is 12.1 Å². The van der Waals surface area contributed by atoms with E-state index in [1.54, 1.807) is 0 Å². The summed E-state index contributed by atoms with van der Waals surface area (Å²) in [6.45, 7) is 0.969. The summed E-state index contributed by atoms with van der Waals surface area (Å²) >= 11 is 0. The third kappa shape index (κ3) is 1.83. The van der Waals surface area contributed by atoms with Gasteiger partial charge in [-0.25, -0.2) is 0 Å². The van der Waals surface area contributed by atoms with Gasteiger partial charge in [0.1, 0.15) is 5.69 Å². The van der Waals surface area contributed by atoms with E-state index in [1.807, 2.05) is 12.1 Å². The van der Waals surface area contributed by atoms with Crippen molar-refractivity contribution >= 4 is 5.69 Å². The Labute approximate surface area is 60.8 Å². The van der Waals surface area contributed by atoms with Crippen molar-refractivity contribution in [2.45, 2.75) is 6.42 Å². The summed E-state index contributed by atoms with van der Waals surface area (Å²) in [5.74, 6) is 0. The minimum atomic E-state index is 0.969. The van der Waals surface area contributed by atoms with Gasteiger partial charge in [-0.05, 0) is 17.7 Å². The fourth-order valence-electron chi connectivity index (χ4n) is 0.910. The molecule has 1 rings (SSSR count). The van der Waals surface area contributed by atoms with Crippen molar-refractivity contribution in [3.8, 4) is 0 Å². The normalized spacial score (nSPS) is 9.80. The highest BCUT2D eigenvalue weighted by Gasteiger charge is 1.91. The van der Waals surface area contributed by atoms with Crippen LogP contribution < -0.4 is 11.5 Å². The van der Waals surface area contributed by atoms with Crippen LogP contribution in [0.3, 0.4) is 0 Å². The number of hydrogen-bond acceptors (Lipinski definition) is 0. The fourth-order valence-corrected chi connectivity index (χ4v) is 0.910. The number of benzene rings is 1. The van der Waals surface area contributed by atoms with E-state index in [0.717, 1.165) is 18.7 Å². The van der Waals surface area contributed by atoms with Crippen LogP contribution in [0.1, 0.15) is 5.56 Å². The smallest absolute Gasteiger partial charge is 0.127 e. The van der Waals surface area contributed by atoms with Crippen LogP contribution in [-0.2, 0) is 6.42 Å². The summed E-state index contributed by atoms with van der Waals surface area (Å²) in [5.41, 5.74) is 10.0. The zero-order chi connectivity index (χ0) is 7.40. The Morgan fingerprint density at radius 3 is 2.20 bits per heavy atom. The molecule has 0 saturated heterocycles. The van der Waals surface area contributed by atoms with Crippen molar-refractivity contribution in [2.24, 2.45) is 0 Å². The Morgan fingerprint density at radius 1 is 1.10 bits per heavy atom. The zero-order valence-electron chi connectivity index (χ0n) is 6.14. The van der Waals surface area contributed by atoms with E-state index >= 15 is 0 Å². The van der Waals surface area contributed by atoms with Crippen LogP contribution in [0.2, 0.25) is 0 Å². The van der Waals surface area contributed by atoms with Gasteiger partial charge in [0.05, 0.1) is 6.54 Å². The molecule has 0 spiro atoms. The number of quaternary nitrogens is 2. The van der Waals surface area contributed by atoms with Crippen LogP contribution in [0.15, 0.2) is 24.3 Å². The van der Waals surface area contributed by atoms with Gasteiger partial charge in [-0.3, -0.25) is 0 Å². The summed E-state index contributed by atoms with van der Waals surface area (Å²) < 4.78 is 0. The molecule has 0 atom stereocenters. The Kier molecular flexibility index (Phi) is 2.42. The molecule has 54 valence electrons. The average Bonchev–Trinajstić information content (AvgIpc) is 1.95. The standard InChI is InChI=1S/C8H12N2/c9-6-5-7-1-3-8(10)4-2-7/h1-4H,5-6,9-10H2/p+2. The molecule has 0 aliphatic heterocycles. The predicted molar refractivity (Wildman–Crippen MR) is 40.4 cm³/mol. The number of hydrogen-bond donors (Lipinski definition) is 2. The highest BCUT2D eigenvalue weighted by molar-refractivity contribution is 5.31. The van der Waals surface area contributed by atoms with E-state index in [0.29, 0.717) is 0 Å². The summed E-state index contributed by atoms with van der Waals surface area (Å²) in [4.78, 5) is 0. The maximum absolute atomic E-state index is 3.81. The van der Waals surface area contributed by atoms with Gasteiger partial charge in [0, 0.05) is 6.42 Å². The van der Waals surface area contributed by atoms with E-state index in [-0.39, 0.29) is 0 Å². The highest BCUT2D eigenvalue weighted by atomic mass is 14.5. The van der Waals surface area contributed by atoms with Crippen molar-refractivity contribution in [3.05, 3.63) is 29.8 Å². The van der Waals surface area contributed by atoms with E-state index in [4.69, 9.17) is 0 Å². The first-order chi connectivity index (χ1) is 4.83. The average molecular weight is 138 g/mol. The van der Waals surface area contributed by atoms with Crippen LogP contribution in [0.4, 0.5) is 5.69 Å². The zero-order valence-corrected chi connectivity index (χ0v) is 6.14. The van der Waals surface area contributed by atoms with Gasteiger partial charge < -0.3 is 11.5 Å². The molecule has 0 saturated carbocycles. The quantitative estimate of drug-likeness (QED) is 0.545. The van der Waals surface area contributed by atoms with Crippen LogP contribution in [0.25, 0.3) is 0 Å². The predicted octanol–water partition coefficient (Wildman–Crippen LogP) is -0.656. The van der Waals surface area contributed by atoms with E-state index in [1.165, 1.54) is 5.56 Å². The Morgan fingerprint density at radius 2 is 1.70 bits per heavy atom. The second kappa shape index (κ2) is 3.34. The summed E-state index contributed by atoms with van der Waals surface area (Å²) in [6, 6.07) is 8.27. The minimum absolute atomic E-state index is 0.969. The Bertz CT molecular complexity index is 191. The van der Waals surface area contributed by atoms with Crippen molar-refractivity contribution in [1.82, 2.24) is 0 Å². The van der Waals surface area contributed by atoms with E-state index < -0.39 is 0 Å². The van der Waals surface area contributed by atoms with Gasteiger partial charge in [0.15, 0.2) is 0 Å². The topological polar surface area (TPSA) is 55.3 Å². The van der Waals surface area contributed by atoms with Crippen molar-refractivity contribution < 1.29 is 11.5 Å². The van der Waals surface area contributed by atoms with Gasteiger partial charge in [-0.15, -0.1) is 0 Å². The van der Waals surface area contributed by atoms with Gasteiger partial charge >= 0.3 is 0 Å². The van der Waals surface area contributed by atoms with Crippen molar-refractivity contribution in [3.63, 3.8) is 0 Å². The monoisotopic (exact) mass is 138 g/mol. The maximum Gasteiger partial charge on any atom is 0.127 e. The maximum atomic E-state index is 3.81. The summed E-state index contributed by atoms with van der Waals surface area (Å²) in [6.07, 6.45) is 1.07. The second-order valence-electron chi connectivity index (χ2n) is 2.42. The lowest BCUT2D eigenvalue weighted by Gasteiger charge is -1.94. The third-order valence-corrected chi connectivity index (χ3v) is 1.49. The lowest BCUT2D eigenvalue weighted by atomic mass is 10.1. The van der Waals surface area contributed by atoms with E-state index in [2.05, 4.69) is 23.6 Å². The molecule has 0 aliphatic rings. The molecule has 0 bridgehead atoms. The minimum Gasteiger partial charge on any atom is -0.357 e. The molecule has 0 heterocycles. The first-order valence-electron chi connectivity index (χ1n) is 3.53. The van der Waals surface area contributed by atoms with Gasteiger partial charge in [0.25, 0.3) is 0 Å². The molecule has 6 N–H and O–H groups in total. The highest BCUT2D eigenvalue weighted by Crippen LogP contribution is 2.03. The second-order valence-corrected chi connectivity index (χ2v) is 2.42. The first kappa shape index (κ1) is 7.25. The van der Waals surface area contributed by atoms with Crippen LogP contribution in [0.5, 0.6) is 0 Å². The molecule has 0 fully saturated rings. The summed E-state index contributed by atoms with van der Waals surface area (Å²) in [7, 11) is 0. The molecule has 0 unspecified atom stereocenters. The van der Waals surface area contributed by atoms with Crippen molar-refractivity contribution in [1.29, 1.82) is 0 Å². The molecule has 2 heteroatoms. The van der Waals surface area contributed by atoms with Crippen LogP contribution in [-0.4, -0.2) is 6.54 Å². The van der Waals surface area contributed by atoms with Gasteiger partial charge in [-0.2, -0.15) is 0 Å². The first-order valence-corrected chi connectivity index (χ1v) is 3.53. The lowest BCUT2D eigenvalue weighted by molar-refractivity contribution is -0.366. The van der Waals surface area contributed by atoms with Crippen LogP contribution >= 0.6 is 0 Å². The largest absolute Gasteiger partial charge is 0.357 e. The molecular weight excluding hydrogens is 124 g/mol. The molecule has 10 heavy (non-hydrogen) atoms. The third-order valence-electron chi connectivity index (χ3n) is 1.49. The summed E-state index contributed by atoms with van der Waals surface area (Å²) in [5, 5.41) is 0. The number of rotatable bonds is 2. The molecule has 1 aromatic rings. The Balaban J connectivity index is 2.69. The molecule has 0 aromatic heterocycles. The molecule has 1 aromatic carbocycles. The van der Waals surface area contributed by atoms with Crippen LogP contribution in [0, 0.1) is 0 Å². The van der Waals surface area contributed by atoms with Gasteiger partial charge in [0.2, 0.25) is 0 Å². The fraction of sp³-hybridized carbons (Fsp3) is 0.250. The molecule has 0 radical (unpaired) electrons. The molecule has 2 nitrogen and oxygen atoms in total. The molecule has 0 amide bonds. The van der Waals surface area contributed by atoms with Crippen molar-refractivity contribution in [2.75, 3.05) is 6.54 Å². The molecule has 0 aliphatic carbocycles. The molecular formula is C8H14N2+2. The van der Waals surface area contributed by atoms with E-state index in [9.17, 15) is 0 Å². The lowest BCUT2D eigenvalue weighted by Crippen LogP contribution is -2.51. The SMILES string of the molecule is [NH3+]CCc1ccc([NH3+])cc1.